The van der Waals surface area contributed by atoms with Crippen LogP contribution in [-0.4, -0.2) is 31.6 Å². The van der Waals surface area contributed by atoms with Crippen molar-refractivity contribution in [2.75, 3.05) is 26.7 Å². The predicted octanol–water partition coefficient (Wildman–Crippen LogP) is 4.22. The molecule has 1 aliphatic carbocycles. The molecule has 0 bridgehead atoms. The van der Waals surface area contributed by atoms with E-state index in [9.17, 15) is 0 Å². The summed E-state index contributed by atoms with van der Waals surface area (Å²) in [5, 5.41) is 3.69. The molecule has 0 aliphatic heterocycles. The van der Waals surface area contributed by atoms with Gasteiger partial charge in [-0.1, -0.05) is 35.0 Å². The van der Waals surface area contributed by atoms with Gasteiger partial charge in [0.2, 0.25) is 0 Å². The van der Waals surface area contributed by atoms with Crippen LogP contribution in [0.4, 0.5) is 0 Å². The van der Waals surface area contributed by atoms with Crippen LogP contribution in [0.2, 0.25) is 0 Å². The minimum Gasteiger partial charge on any atom is -0.310 e. The number of nitrogens with zero attached hydrogens (tertiary/aromatic N) is 1. The first kappa shape index (κ1) is 16.0. The number of halogens is 1. The molecule has 1 aliphatic rings. The second kappa shape index (κ2) is 8.16. The van der Waals surface area contributed by atoms with Crippen molar-refractivity contribution in [3.63, 3.8) is 0 Å². The Labute approximate surface area is 132 Å². The summed E-state index contributed by atoms with van der Waals surface area (Å²) in [6, 6.07) is 9.23. The maximum Gasteiger partial charge on any atom is 0.0332 e. The molecule has 1 atom stereocenters. The summed E-state index contributed by atoms with van der Waals surface area (Å²) in [7, 11) is 2.26. The van der Waals surface area contributed by atoms with Gasteiger partial charge in [0.25, 0.3) is 0 Å². The SMILES string of the molecule is CCCNC(CCN(C)CC1CC1)c1ccc(Br)cc1. The fourth-order valence-electron chi connectivity index (χ4n) is 2.58. The van der Waals surface area contributed by atoms with Gasteiger partial charge in [-0.15, -0.1) is 0 Å². The van der Waals surface area contributed by atoms with Crippen LogP contribution in [0, 0.1) is 5.92 Å². The highest BCUT2D eigenvalue weighted by Gasteiger charge is 2.23. The lowest BCUT2D eigenvalue weighted by atomic mass is 10.0. The molecule has 1 fully saturated rings. The molecule has 0 heterocycles. The zero-order valence-electron chi connectivity index (χ0n) is 12.7. The molecule has 0 spiro atoms. The van der Waals surface area contributed by atoms with Crippen LogP contribution in [-0.2, 0) is 0 Å². The Balaban J connectivity index is 1.86. The van der Waals surface area contributed by atoms with E-state index in [2.05, 4.69) is 64.4 Å². The lowest BCUT2D eigenvalue weighted by molar-refractivity contribution is 0.296. The van der Waals surface area contributed by atoms with Gasteiger partial charge in [0.1, 0.15) is 0 Å². The Morgan fingerprint density at radius 2 is 2.00 bits per heavy atom. The molecule has 0 radical (unpaired) electrons. The molecule has 0 aromatic heterocycles. The van der Waals surface area contributed by atoms with E-state index in [1.54, 1.807) is 0 Å². The number of hydrogen-bond acceptors (Lipinski definition) is 2. The lowest BCUT2D eigenvalue weighted by Crippen LogP contribution is -2.29. The Kier molecular flexibility index (Phi) is 6.53. The molecule has 1 unspecified atom stereocenters. The maximum atomic E-state index is 3.69. The monoisotopic (exact) mass is 338 g/mol. The minimum absolute atomic E-state index is 0.477. The van der Waals surface area contributed by atoms with Crippen LogP contribution in [0.1, 0.15) is 44.2 Å². The van der Waals surface area contributed by atoms with E-state index in [-0.39, 0.29) is 0 Å². The average molecular weight is 339 g/mol. The Hall–Kier alpha value is -0.380. The third-order valence-corrected chi connectivity index (χ3v) is 4.51. The molecule has 1 saturated carbocycles. The van der Waals surface area contributed by atoms with E-state index in [1.807, 2.05) is 0 Å². The summed E-state index contributed by atoms with van der Waals surface area (Å²) < 4.78 is 1.15. The molecular formula is C17H27BrN2. The van der Waals surface area contributed by atoms with Crippen molar-refractivity contribution in [1.82, 2.24) is 10.2 Å². The Morgan fingerprint density at radius 3 is 2.60 bits per heavy atom. The van der Waals surface area contributed by atoms with Gasteiger partial charge in [-0.3, -0.25) is 0 Å². The first-order valence-electron chi connectivity index (χ1n) is 7.86. The first-order valence-corrected chi connectivity index (χ1v) is 8.65. The van der Waals surface area contributed by atoms with E-state index >= 15 is 0 Å². The maximum absolute atomic E-state index is 3.69. The smallest absolute Gasteiger partial charge is 0.0332 e. The third kappa shape index (κ3) is 5.55. The topological polar surface area (TPSA) is 15.3 Å². The highest BCUT2D eigenvalue weighted by atomic mass is 79.9. The van der Waals surface area contributed by atoms with Crippen molar-refractivity contribution in [3.8, 4) is 0 Å². The highest BCUT2D eigenvalue weighted by Crippen LogP contribution is 2.29. The quantitative estimate of drug-likeness (QED) is 0.725. The summed E-state index contributed by atoms with van der Waals surface area (Å²) in [6.07, 6.45) is 5.25. The zero-order chi connectivity index (χ0) is 14.4. The molecule has 2 nitrogen and oxygen atoms in total. The van der Waals surface area contributed by atoms with Crippen molar-refractivity contribution in [2.24, 2.45) is 5.92 Å². The van der Waals surface area contributed by atoms with Crippen molar-refractivity contribution in [2.45, 2.75) is 38.6 Å². The third-order valence-electron chi connectivity index (χ3n) is 3.98. The van der Waals surface area contributed by atoms with Gasteiger partial charge in [-0.25, -0.2) is 0 Å². The molecule has 112 valence electrons. The average Bonchev–Trinajstić information content (AvgIpc) is 3.24. The second-order valence-electron chi connectivity index (χ2n) is 6.05. The predicted molar refractivity (Wildman–Crippen MR) is 90.0 cm³/mol. The first-order chi connectivity index (χ1) is 9.69. The van der Waals surface area contributed by atoms with Gasteiger partial charge in [-0.05, 0) is 69.4 Å². The molecule has 2 rings (SSSR count). The van der Waals surface area contributed by atoms with E-state index < -0.39 is 0 Å². The summed E-state index contributed by atoms with van der Waals surface area (Å²) in [5.74, 6) is 0.981. The van der Waals surface area contributed by atoms with Crippen LogP contribution < -0.4 is 5.32 Å². The number of hydrogen-bond donors (Lipinski definition) is 1. The van der Waals surface area contributed by atoms with E-state index in [0.717, 1.165) is 16.9 Å². The molecule has 1 aromatic rings. The second-order valence-corrected chi connectivity index (χ2v) is 6.97. The van der Waals surface area contributed by atoms with Gasteiger partial charge in [0, 0.05) is 17.1 Å². The van der Waals surface area contributed by atoms with Crippen LogP contribution in [0.15, 0.2) is 28.7 Å². The fourth-order valence-corrected chi connectivity index (χ4v) is 2.85. The van der Waals surface area contributed by atoms with E-state index in [1.165, 1.54) is 44.3 Å². The Morgan fingerprint density at radius 1 is 1.30 bits per heavy atom. The molecular weight excluding hydrogens is 312 g/mol. The van der Waals surface area contributed by atoms with Gasteiger partial charge < -0.3 is 10.2 Å². The van der Waals surface area contributed by atoms with Crippen LogP contribution in [0.3, 0.4) is 0 Å². The molecule has 1 N–H and O–H groups in total. The number of rotatable bonds is 9. The zero-order valence-corrected chi connectivity index (χ0v) is 14.3. The van der Waals surface area contributed by atoms with E-state index in [4.69, 9.17) is 0 Å². The molecule has 0 amide bonds. The minimum atomic E-state index is 0.477. The van der Waals surface area contributed by atoms with Crippen LogP contribution in [0.5, 0.6) is 0 Å². The van der Waals surface area contributed by atoms with Crippen LogP contribution in [0.25, 0.3) is 0 Å². The lowest BCUT2D eigenvalue weighted by Gasteiger charge is -2.23. The van der Waals surface area contributed by atoms with Gasteiger partial charge in [-0.2, -0.15) is 0 Å². The van der Waals surface area contributed by atoms with Crippen molar-refractivity contribution < 1.29 is 0 Å². The summed E-state index contributed by atoms with van der Waals surface area (Å²) >= 11 is 3.51. The fraction of sp³-hybridized carbons (Fsp3) is 0.647. The van der Waals surface area contributed by atoms with Crippen molar-refractivity contribution >= 4 is 15.9 Å². The van der Waals surface area contributed by atoms with Gasteiger partial charge in [0.15, 0.2) is 0 Å². The number of benzene rings is 1. The van der Waals surface area contributed by atoms with E-state index in [0.29, 0.717) is 6.04 Å². The molecule has 3 heteroatoms. The Bertz CT molecular complexity index is 386. The van der Waals surface area contributed by atoms with Crippen LogP contribution >= 0.6 is 15.9 Å². The molecule has 0 saturated heterocycles. The van der Waals surface area contributed by atoms with Gasteiger partial charge in [0.05, 0.1) is 0 Å². The van der Waals surface area contributed by atoms with Crippen molar-refractivity contribution in [3.05, 3.63) is 34.3 Å². The summed E-state index contributed by atoms with van der Waals surface area (Å²) in [4.78, 5) is 2.50. The largest absolute Gasteiger partial charge is 0.310 e. The van der Waals surface area contributed by atoms with Crippen molar-refractivity contribution in [1.29, 1.82) is 0 Å². The molecule has 1 aromatic carbocycles. The highest BCUT2D eigenvalue weighted by molar-refractivity contribution is 9.10. The normalized spacial score (nSPS) is 16.6. The summed E-state index contributed by atoms with van der Waals surface area (Å²) in [6.45, 7) is 5.77. The number of nitrogens with one attached hydrogen (secondary N) is 1. The summed E-state index contributed by atoms with van der Waals surface area (Å²) in [5.41, 5.74) is 1.40. The molecule has 20 heavy (non-hydrogen) atoms. The standard InChI is InChI=1S/C17H27BrN2/c1-3-11-19-17(15-6-8-16(18)9-7-15)10-12-20(2)13-14-4-5-14/h6-9,14,17,19H,3-5,10-13H2,1-2H3. The van der Waals surface area contributed by atoms with Gasteiger partial charge >= 0.3 is 0 Å².